The fourth-order valence-corrected chi connectivity index (χ4v) is 2.93. The second kappa shape index (κ2) is 4.15. The molecule has 9 heteroatoms. The molecular formula is C8H7FN2O4S2. The molecule has 17 heavy (non-hydrogen) atoms. The van der Waals surface area contributed by atoms with Gasteiger partial charge >= 0.3 is 10.2 Å². The highest BCUT2D eigenvalue weighted by Crippen LogP contribution is 2.28. The Morgan fingerprint density at radius 3 is 2.76 bits per heavy atom. The molecule has 1 aromatic heterocycles. The van der Waals surface area contributed by atoms with E-state index in [1.165, 1.54) is 6.20 Å². The van der Waals surface area contributed by atoms with Crippen molar-refractivity contribution in [2.75, 3.05) is 11.4 Å². The lowest BCUT2D eigenvalue weighted by Gasteiger charge is -2.10. The summed E-state index contributed by atoms with van der Waals surface area (Å²) in [6.45, 7) is -0.260. The van der Waals surface area contributed by atoms with Gasteiger partial charge in [-0.3, -0.25) is 14.5 Å². The number of aromatic nitrogens is 1. The summed E-state index contributed by atoms with van der Waals surface area (Å²) in [6, 6.07) is 0. The Hall–Kier alpha value is -1.35. The third-order valence-corrected chi connectivity index (χ3v) is 4.40. The molecule has 2 rings (SSSR count). The van der Waals surface area contributed by atoms with Gasteiger partial charge in [-0.25, -0.2) is 4.98 Å². The highest BCUT2D eigenvalue weighted by Gasteiger charge is 2.40. The first-order chi connectivity index (χ1) is 7.91. The lowest BCUT2D eigenvalue weighted by Crippen LogP contribution is -2.26. The van der Waals surface area contributed by atoms with Crippen LogP contribution in [-0.4, -0.2) is 37.4 Å². The summed E-state index contributed by atoms with van der Waals surface area (Å²) in [5.41, 5.74) is 0. The van der Waals surface area contributed by atoms with E-state index in [0.29, 0.717) is 11.2 Å². The lowest BCUT2D eigenvalue weighted by molar-refractivity contribution is -0.117. The van der Waals surface area contributed by atoms with E-state index in [2.05, 4.69) is 4.98 Å². The van der Waals surface area contributed by atoms with Crippen molar-refractivity contribution in [1.29, 1.82) is 0 Å². The van der Waals surface area contributed by atoms with Gasteiger partial charge in [0.15, 0.2) is 11.4 Å². The van der Waals surface area contributed by atoms with E-state index in [1.807, 2.05) is 0 Å². The van der Waals surface area contributed by atoms with Crippen LogP contribution in [-0.2, 0) is 15.0 Å². The molecular weight excluding hydrogens is 271 g/mol. The second-order valence-electron chi connectivity index (χ2n) is 3.47. The number of hydrogen-bond acceptors (Lipinski definition) is 6. The predicted octanol–water partition coefficient (Wildman–Crippen LogP) is 0.360. The molecule has 0 bridgehead atoms. The van der Waals surface area contributed by atoms with Crippen molar-refractivity contribution in [3.8, 4) is 0 Å². The topological polar surface area (TPSA) is 84.4 Å². The van der Waals surface area contributed by atoms with Crippen LogP contribution in [0.15, 0.2) is 6.20 Å². The predicted molar refractivity (Wildman–Crippen MR) is 58.3 cm³/mol. The van der Waals surface area contributed by atoms with Gasteiger partial charge in [-0.2, -0.15) is 8.42 Å². The zero-order valence-electron chi connectivity index (χ0n) is 8.37. The highest BCUT2D eigenvalue weighted by atomic mass is 32.3. The van der Waals surface area contributed by atoms with Crippen LogP contribution < -0.4 is 4.90 Å². The fourth-order valence-electron chi connectivity index (χ4n) is 1.50. The summed E-state index contributed by atoms with van der Waals surface area (Å²) in [7, 11) is -4.73. The van der Waals surface area contributed by atoms with Crippen molar-refractivity contribution in [3.05, 3.63) is 11.1 Å². The highest BCUT2D eigenvalue weighted by molar-refractivity contribution is 7.87. The quantitative estimate of drug-likeness (QED) is 0.588. The normalized spacial score (nSPS) is 20.9. The maximum atomic E-state index is 12.7. The smallest absolute Gasteiger partial charge is 0.297 e. The lowest BCUT2D eigenvalue weighted by atomic mass is 10.4. The summed E-state index contributed by atoms with van der Waals surface area (Å²) in [6.07, 6.45) is 1.46. The minimum atomic E-state index is -4.73. The maximum absolute atomic E-state index is 12.7. The van der Waals surface area contributed by atoms with Crippen molar-refractivity contribution < 1.29 is 21.9 Å². The number of hydrogen-bond donors (Lipinski definition) is 0. The molecule has 1 unspecified atom stereocenters. The minimum Gasteiger partial charge on any atom is -0.297 e. The first-order valence-electron chi connectivity index (χ1n) is 4.56. The average Bonchev–Trinajstić information content (AvgIpc) is 2.82. The summed E-state index contributed by atoms with van der Waals surface area (Å²) >= 11 is 0.955. The van der Waals surface area contributed by atoms with Crippen molar-refractivity contribution in [2.24, 2.45) is 0 Å². The number of thiazole rings is 1. The van der Waals surface area contributed by atoms with E-state index in [0.717, 1.165) is 16.2 Å². The molecule has 0 saturated carbocycles. The fraction of sp³-hybridized carbons (Fsp3) is 0.375. The zero-order chi connectivity index (χ0) is 12.6. The molecule has 1 amide bonds. The summed E-state index contributed by atoms with van der Waals surface area (Å²) in [4.78, 5) is 27.2. The second-order valence-corrected chi connectivity index (χ2v) is 6.13. The minimum absolute atomic E-state index is 0.211. The van der Waals surface area contributed by atoms with Gasteiger partial charge in [0.25, 0.3) is 0 Å². The molecule has 92 valence electrons. The van der Waals surface area contributed by atoms with E-state index < -0.39 is 27.8 Å². The van der Waals surface area contributed by atoms with Crippen molar-refractivity contribution >= 4 is 38.9 Å². The molecule has 1 aliphatic heterocycles. The van der Waals surface area contributed by atoms with Crippen LogP contribution >= 0.6 is 11.3 Å². The number of carbonyl (C=O) groups excluding carboxylic acids is 2. The largest absolute Gasteiger partial charge is 0.307 e. The summed E-state index contributed by atoms with van der Waals surface area (Å²) < 4.78 is 34.1. The molecule has 0 N–H and O–H groups in total. The average molecular weight is 278 g/mol. The zero-order valence-corrected chi connectivity index (χ0v) is 10.0. The van der Waals surface area contributed by atoms with Crippen molar-refractivity contribution in [3.63, 3.8) is 0 Å². The number of halogens is 1. The molecule has 1 saturated heterocycles. The number of carbonyl (C=O) groups is 2. The Morgan fingerprint density at radius 2 is 2.29 bits per heavy atom. The van der Waals surface area contributed by atoms with Crippen LogP contribution in [0.3, 0.4) is 0 Å². The van der Waals surface area contributed by atoms with Gasteiger partial charge < -0.3 is 0 Å². The van der Waals surface area contributed by atoms with Crippen molar-refractivity contribution in [1.82, 2.24) is 4.98 Å². The van der Waals surface area contributed by atoms with Gasteiger partial charge in [0.1, 0.15) is 5.25 Å². The van der Waals surface area contributed by atoms with E-state index >= 15 is 0 Å². The molecule has 1 atom stereocenters. The first kappa shape index (κ1) is 12.1. The van der Waals surface area contributed by atoms with E-state index in [9.17, 15) is 21.9 Å². The Morgan fingerprint density at radius 1 is 1.59 bits per heavy atom. The van der Waals surface area contributed by atoms with Crippen LogP contribution in [0.25, 0.3) is 0 Å². The van der Waals surface area contributed by atoms with Gasteiger partial charge in [0.05, 0.1) is 11.1 Å². The number of rotatable bonds is 3. The van der Waals surface area contributed by atoms with Crippen molar-refractivity contribution in [2.45, 2.75) is 11.7 Å². The molecule has 2 heterocycles. The molecule has 1 aliphatic rings. The van der Waals surface area contributed by atoms with Gasteiger partial charge in [-0.1, -0.05) is 11.3 Å². The number of anilines is 1. The maximum Gasteiger partial charge on any atom is 0.307 e. The Labute approximate surface area is 100 Å². The van der Waals surface area contributed by atoms with Gasteiger partial charge in [0, 0.05) is 13.0 Å². The molecule has 1 fully saturated rings. The molecule has 0 spiro atoms. The number of amides is 1. The molecule has 0 aromatic carbocycles. The SMILES string of the molecule is O=Cc1cnc(N2CC(S(=O)(=O)F)CC2=O)s1. The third-order valence-electron chi connectivity index (χ3n) is 2.35. The Kier molecular flexibility index (Phi) is 2.96. The summed E-state index contributed by atoms with van der Waals surface area (Å²) in [5, 5.41) is -1.14. The van der Waals surface area contributed by atoms with E-state index in [-0.39, 0.29) is 11.7 Å². The standard InChI is InChI=1S/C8H7FN2O4S2/c9-17(14,15)6-1-7(13)11(3-6)8-10-2-5(4-12)16-8/h2,4,6H,1,3H2. The molecule has 0 aliphatic carbocycles. The van der Waals surface area contributed by atoms with E-state index in [4.69, 9.17) is 0 Å². The van der Waals surface area contributed by atoms with Crippen LogP contribution in [0.1, 0.15) is 16.1 Å². The van der Waals surface area contributed by atoms with Crippen LogP contribution in [0.2, 0.25) is 0 Å². The van der Waals surface area contributed by atoms with Crippen LogP contribution in [0.4, 0.5) is 9.02 Å². The van der Waals surface area contributed by atoms with E-state index in [1.54, 1.807) is 0 Å². The van der Waals surface area contributed by atoms with Crippen LogP contribution in [0.5, 0.6) is 0 Å². The molecule has 6 nitrogen and oxygen atoms in total. The Balaban J connectivity index is 2.24. The van der Waals surface area contributed by atoms with Crippen LogP contribution in [0, 0.1) is 0 Å². The summed E-state index contributed by atoms with van der Waals surface area (Å²) in [5.74, 6) is -0.511. The van der Waals surface area contributed by atoms with Gasteiger partial charge in [-0.05, 0) is 0 Å². The molecule has 1 aromatic rings. The molecule has 0 radical (unpaired) electrons. The monoisotopic (exact) mass is 278 g/mol. The number of nitrogens with zero attached hydrogens (tertiary/aromatic N) is 2. The number of aldehydes is 1. The first-order valence-corrected chi connectivity index (χ1v) is 6.83. The Bertz CT molecular complexity index is 568. The van der Waals surface area contributed by atoms with Gasteiger partial charge in [0.2, 0.25) is 5.91 Å². The van der Waals surface area contributed by atoms with Gasteiger partial charge in [-0.15, -0.1) is 3.89 Å². The third kappa shape index (κ3) is 2.34.